The highest BCUT2D eigenvalue weighted by Gasteiger charge is 2.29. The topological polar surface area (TPSA) is 128 Å². The molecule has 3 atom stereocenters. The molecule has 4 aromatic rings. The van der Waals surface area contributed by atoms with Crippen molar-refractivity contribution in [2.75, 3.05) is 38.8 Å². The monoisotopic (exact) mass is 463 g/mol. The fraction of sp³-hybridized carbons (Fsp3) is 0.391. The van der Waals surface area contributed by atoms with E-state index in [0.29, 0.717) is 29.3 Å². The SMILES string of the molecule is CNc1cc(-c2cn([C@H]3CCOC3)c3ncccc23)nc2c(C(=O)N[C@H]3COCC3O)cnn12. The van der Waals surface area contributed by atoms with Gasteiger partial charge in [0.05, 0.1) is 49.9 Å². The van der Waals surface area contributed by atoms with Crippen LogP contribution in [0, 0.1) is 0 Å². The average molecular weight is 463 g/mol. The predicted molar refractivity (Wildman–Crippen MR) is 124 cm³/mol. The summed E-state index contributed by atoms with van der Waals surface area (Å²) in [4.78, 5) is 22.5. The van der Waals surface area contributed by atoms with Gasteiger partial charge in [0.25, 0.3) is 5.91 Å². The molecule has 2 aliphatic heterocycles. The van der Waals surface area contributed by atoms with E-state index in [2.05, 4.69) is 31.5 Å². The molecule has 0 aliphatic carbocycles. The van der Waals surface area contributed by atoms with E-state index in [9.17, 15) is 9.90 Å². The summed E-state index contributed by atoms with van der Waals surface area (Å²) in [6.07, 6.45) is 5.54. The number of hydrogen-bond donors (Lipinski definition) is 3. The first-order valence-corrected chi connectivity index (χ1v) is 11.3. The number of amides is 1. The number of anilines is 1. The molecule has 0 spiro atoms. The van der Waals surface area contributed by atoms with Gasteiger partial charge in [0.15, 0.2) is 5.65 Å². The molecule has 0 bridgehead atoms. The Hall–Kier alpha value is -3.54. The second kappa shape index (κ2) is 8.35. The van der Waals surface area contributed by atoms with Gasteiger partial charge in [-0.1, -0.05) is 0 Å². The van der Waals surface area contributed by atoms with Crippen LogP contribution in [0.1, 0.15) is 22.8 Å². The number of aliphatic hydroxyl groups excluding tert-OH is 1. The minimum Gasteiger partial charge on any atom is -0.388 e. The summed E-state index contributed by atoms with van der Waals surface area (Å²) in [7, 11) is 1.80. The fourth-order valence-electron chi connectivity index (χ4n) is 4.67. The number of fused-ring (bicyclic) bond motifs is 2. The number of carbonyl (C=O) groups excluding carboxylic acids is 1. The van der Waals surface area contributed by atoms with Gasteiger partial charge in [0.1, 0.15) is 17.0 Å². The van der Waals surface area contributed by atoms with Gasteiger partial charge in [-0.15, -0.1) is 0 Å². The second-order valence-electron chi connectivity index (χ2n) is 8.60. The van der Waals surface area contributed by atoms with Crippen molar-refractivity contribution in [2.24, 2.45) is 0 Å². The van der Waals surface area contributed by atoms with Gasteiger partial charge in [-0.3, -0.25) is 4.79 Å². The van der Waals surface area contributed by atoms with Crippen LogP contribution in [-0.4, -0.2) is 80.8 Å². The summed E-state index contributed by atoms with van der Waals surface area (Å²) in [6.45, 7) is 1.85. The normalized spacial score (nSPS) is 22.6. The van der Waals surface area contributed by atoms with Gasteiger partial charge < -0.3 is 29.8 Å². The van der Waals surface area contributed by atoms with Crippen LogP contribution in [0.3, 0.4) is 0 Å². The third-order valence-electron chi connectivity index (χ3n) is 6.50. The first-order chi connectivity index (χ1) is 16.6. The van der Waals surface area contributed by atoms with Gasteiger partial charge in [-0.25, -0.2) is 9.97 Å². The predicted octanol–water partition coefficient (Wildman–Crippen LogP) is 1.24. The van der Waals surface area contributed by atoms with E-state index in [-0.39, 0.29) is 25.2 Å². The number of rotatable bonds is 5. The van der Waals surface area contributed by atoms with Crippen molar-refractivity contribution >= 4 is 28.4 Å². The maximum atomic E-state index is 13.0. The van der Waals surface area contributed by atoms with Crippen LogP contribution in [0.25, 0.3) is 27.9 Å². The number of nitrogens with one attached hydrogen (secondary N) is 2. The molecule has 11 heteroatoms. The first kappa shape index (κ1) is 21.0. The highest BCUT2D eigenvalue weighted by Crippen LogP contribution is 2.34. The van der Waals surface area contributed by atoms with Crippen LogP contribution in [-0.2, 0) is 9.47 Å². The zero-order chi connectivity index (χ0) is 23.2. The first-order valence-electron chi connectivity index (χ1n) is 11.3. The molecule has 2 fully saturated rings. The number of aromatic nitrogens is 5. The largest absolute Gasteiger partial charge is 0.388 e. The number of carbonyl (C=O) groups is 1. The van der Waals surface area contributed by atoms with Crippen molar-refractivity contribution in [1.29, 1.82) is 0 Å². The van der Waals surface area contributed by atoms with E-state index in [1.807, 2.05) is 18.2 Å². The summed E-state index contributed by atoms with van der Waals surface area (Å²) >= 11 is 0. The van der Waals surface area contributed by atoms with E-state index >= 15 is 0 Å². The van der Waals surface area contributed by atoms with E-state index in [1.165, 1.54) is 6.20 Å². The molecule has 0 aromatic carbocycles. The molecule has 2 saturated heterocycles. The third-order valence-corrected chi connectivity index (χ3v) is 6.50. The molecule has 3 N–H and O–H groups in total. The minimum absolute atomic E-state index is 0.205. The third kappa shape index (κ3) is 3.40. The molecule has 0 saturated carbocycles. The van der Waals surface area contributed by atoms with Crippen molar-refractivity contribution in [3.63, 3.8) is 0 Å². The molecule has 34 heavy (non-hydrogen) atoms. The second-order valence-corrected chi connectivity index (χ2v) is 8.60. The van der Waals surface area contributed by atoms with Crippen LogP contribution in [0.2, 0.25) is 0 Å². The van der Waals surface area contributed by atoms with Gasteiger partial charge >= 0.3 is 0 Å². The van der Waals surface area contributed by atoms with Crippen molar-refractivity contribution < 1.29 is 19.4 Å². The van der Waals surface area contributed by atoms with E-state index in [0.717, 1.165) is 29.6 Å². The Morgan fingerprint density at radius 2 is 2.15 bits per heavy atom. The fourth-order valence-corrected chi connectivity index (χ4v) is 4.67. The molecule has 1 amide bonds. The molecule has 0 radical (unpaired) electrons. The molecule has 4 aromatic heterocycles. The summed E-state index contributed by atoms with van der Waals surface area (Å²) in [5, 5.41) is 21.3. The number of pyridine rings is 1. The number of ether oxygens (including phenoxy) is 2. The lowest BCUT2D eigenvalue weighted by Gasteiger charge is -2.14. The molecular formula is C23H25N7O4. The Morgan fingerprint density at radius 3 is 2.91 bits per heavy atom. The number of nitrogens with zero attached hydrogens (tertiary/aromatic N) is 5. The maximum Gasteiger partial charge on any atom is 0.257 e. The molecule has 2 aliphatic rings. The number of aliphatic hydroxyl groups is 1. The highest BCUT2D eigenvalue weighted by molar-refractivity contribution is 6.01. The molecule has 6 heterocycles. The lowest BCUT2D eigenvalue weighted by atomic mass is 10.1. The van der Waals surface area contributed by atoms with Gasteiger partial charge in [0.2, 0.25) is 0 Å². The van der Waals surface area contributed by atoms with Gasteiger partial charge in [0, 0.05) is 43.1 Å². The van der Waals surface area contributed by atoms with Crippen LogP contribution in [0.4, 0.5) is 5.82 Å². The standard InChI is InChI=1S/C23H25N7O4/c1-24-20-7-17(16-9-29(13-4-6-33-10-13)21-14(16)3-2-5-25-21)27-22-15(8-26-30(20)22)23(32)28-18-11-34-12-19(18)31/h2-3,5,7-9,13,18-19,24,31H,4,6,10-12H2,1H3,(H,28,32)/t13-,18-,19?/m0/s1. The van der Waals surface area contributed by atoms with Gasteiger partial charge in [-0.05, 0) is 18.6 Å². The Morgan fingerprint density at radius 1 is 1.24 bits per heavy atom. The number of hydrogen-bond acceptors (Lipinski definition) is 8. The Bertz CT molecular complexity index is 1370. The summed E-state index contributed by atoms with van der Waals surface area (Å²) in [6, 6.07) is 5.60. The molecule has 6 rings (SSSR count). The van der Waals surface area contributed by atoms with E-state index in [4.69, 9.17) is 14.5 Å². The minimum atomic E-state index is -0.736. The summed E-state index contributed by atoms with van der Waals surface area (Å²) < 4.78 is 14.6. The lowest BCUT2D eigenvalue weighted by Crippen LogP contribution is -2.42. The molecule has 176 valence electrons. The van der Waals surface area contributed by atoms with Gasteiger partial charge in [-0.2, -0.15) is 9.61 Å². The van der Waals surface area contributed by atoms with E-state index < -0.39 is 12.1 Å². The zero-order valence-electron chi connectivity index (χ0n) is 18.6. The van der Waals surface area contributed by atoms with Crippen molar-refractivity contribution in [3.05, 3.63) is 42.4 Å². The Labute approximate surface area is 194 Å². The molecule has 11 nitrogen and oxygen atoms in total. The highest BCUT2D eigenvalue weighted by atomic mass is 16.5. The van der Waals surface area contributed by atoms with Crippen LogP contribution in [0.15, 0.2) is 36.8 Å². The smallest absolute Gasteiger partial charge is 0.257 e. The van der Waals surface area contributed by atoms with Crippen molar-refractivity contribution in [1.82, 2.24) is 29.5 Å². The van der Waals surface area contributed by atoms with Crippen molar-refractivity contribution in [2.45, 2.75) is 24.6 Å². The lowest BCUT2D eigenvalue weighted by molar-refractivity contribution is 0.0888. The molecular weight excluding hydrogens is 438 g/mol. The van der Waals surface area contributed by atoms with Crippen molar-refractivity contribution in [3.8, 4) is 11.3 Å². The van der Waals surface area contributed by atoms with Crippen LogP contribution in [0.5, 0.6) is 0 Å². The Balaban J connectivity index is 1.46. The summed E-state index contributed by atoms with van der Waals surface area (Å²) in [5.41, 5.74) is 3.24. The Kier molecular flexibility index (Phi) is 5.16. The quantitative estimate of drug-likeness (QED) is 0.403. The average Bonchev–Trinajstić information content (AvgIpc) is 3.64. The maximum absolute atomic E-state index is 13.0. The zero-order valence-corrected chi connectivity index (χ0v) is 18.6. The van der Waals surface area contributed by atoms with Crippen LogP contribution >= 0.6 is 0 Å². The summed E-state index contributed by atoms with van der Waals surface area (Å²) in [5.74, 6) is 0.334. The van der Waals surface area contributed by atoms with E-state index in [1.54, 1.807) is 17.8 Å². The molecule has 1 unspecified atom stereocenters. The van der Waals surface area contributed by atoms with Crippen LogP contribution < -0.4 is 10.6 Å².